The minimum atomic E-state index is -0.682. The molecule has 2 nitrogen and oxygen atoms in total. The first kappa shape index (κ1) is 23.1. The third-order valence-electron chi connectivity index (χ3n) is 0.994. The van der Waals surface area contributed by atoms with E-state index in [0.29, 0.717) is 6.42 Å². The van der Waals surface area contributed by atoms with Gasteiger partial charge in [0, 0.05) is 40.0 Å². The van der Waals surface area contributed by atoms with E-state index in [-0.39, 0.29) is 82.4 Å². The van der Waals surface area contributed by atoms with E-state index in [1.54, 1.807) is 0 Å². The van der Waals surface area contributed by atoms with E-state index in [0.717, 1.165) is 19.3 Å². The van der Waals surface area contributed by atoms with Crippen LogP contribution in [0.1, 0.15) is 32.6 Å². The summed E-state index contributed by atoms with van der Waals surface area (Å²) in [5, 5.41) is 8.14. The molecule has 0 saturated heterocycles. The minimum Gasteiger partial charge on any atom is 0 e. The largest absolute Gasteiger partial charge is 0 e. The fraction of sp³-hybridized carbons (Fsp3) is 0.833. The summed E-state index contributed by atoms with van der Waals surface area (Å²) in [4.78, 5) is 9.87. The van der Waals surface area contributed by atoms with Crippen molar-refractivity contribution in [1.29, 1.82) is 0 Å². The maximum absolute atomic E-state index is 9.87. The van der Waals surface area contributed by atoms with Crippen molar-refractivity contribution in [3.8, 4) is 0 Å². The molecule has 0 rings (SSSR count). The molecule has 11 heavy (non-hydrogen) atoms. The summed E-state index contributed by atoms with van der Waals surface area (Å²) in [5.74, 6) is -0.682. The molecule has 0 aliphatic heterocycles. The summed E-state index contributed by atoms with van der Waals surface area (Å²) in [7, 11) is 0. The summed E-state index contributed by atoms with van der Waals surface area (Å²) in [5.41, 5.74) is 0. The van der Waals surface area contributed by atoms with Crippen molar-refractivity contribution in [2.24, 2.45) is 0 Å². The van der Waals surface area contributed by atoms with Crippen LogP contribution in [0.3, 0.4) is 0 Å². The number of carboxylic acid groups (broad SMARTS) is 1. The molecular formula is C6H14BaCuNiO2. The second-order valence-electron chi connectivity index (χ2n) is 1.85. The van der Waals surface area contributed by atoms with Gasteiger partial charge in [0.15, 0.2) is 0 Å². The molecule has 0 saturated carbocycles. The molecule has 73 valence electrons. The molecule has 5 heteroatoms. The smallest absolute Gasteiger partial charge is 0 e. The van der Waals surface area contributed by atoms with Crippen molar-refractivity contribution in [1.82, 2.24) is 0 Å². The fourth-order valence-electron chi connectivity index (χ4n) is 0.526. The summed E-state index contributed by atoms with van der Waals surface area (Å²) in [6.07, 6.45) is 3.28. The Balaban J connectivity index is -0.0000000817. The van der Waals surface area contributed by atoms with E-state index in [1.807, 2.05) is 0 Å². The minimum absolute atomic E-state index is 0. The first-order valence-electron chi connectivity index (χ1n) is 2.99. The van der Waals surface area contributed by atoms with Crippen LogP contribution in [0.25, 0.3) is 0 Å². The van der Waals surface area contributed by atoms with Crippen molar-refractivity contribution >= 4 is 54.9 Å². The quantitative estimate of drug-likeness (QED) is 0.579. The molecular weight excluding hydrogens is 364 g/mol. The van der Waals surface area contributed by atoms with E-state index in [2.05, 4.69) is 6.92 Å². The SMILES string of the molecule is CCCCCC(=O)O.[BaH2].[Cu].[Ni]. The standard InChI is InChI=1S/C6H12O2.Ba.Cu.Ni.2H/c1-2-3-4-5-6(7)8;;;;;/h2-5H2,1H3,(H,7,8);;;;;. The van der Waals surface area contributed by atoms with Crippen molar-refractivity contribution in [3.63, 3.8) is 0 Å². The van der Waals surface area contributed by atoms with Gasteiger partial charge in [-0.25, -0.2) is 0 Å². The Labute approximate surface area is 129 Å². The molecule has 0 aromatic rings. The number of aliphatic carboxylic acids is 1. The molecule has 1 N–H and O–H groups in total. The van der Waals surface area contributed by atoms with Gasteiger partial charge < -0.3 is 5.11 Å². The van der Waals surface area contributed by atoms with Gasteiger partial charge in [0.2, 0.25) is 0 Å². The zero-order chi connectivity index (χ0) is 6.41. The summed E-state index contributed by atoms with van der Waals surface area (Å²) >= 11 is 0. The molecule has 0 spiro atoms. The molecule has 0 aliphatic carbocycles. The molecule has 0 aromatic carbocycles. The Morgan fingerprint density at radius 3 is 2.09 bits per heavy atom. The van der Waals surface area contributed by atoms with Crippen molar-refractivity contribution in [3.05, 3.63) is 0 Å². The molecule has 1 radical (unpaired) electrons. The summed E-state index contributed by atoms with van der Waals surface area (Å²) in [6, 6.07) is 0. The molecule has 0 aliphatic rings. The van der Waals surface area contributed by atoms with Crippen LogP contribution < -0.4 is 0 Å². The second-order valence-corrected chi connectivity index (χ2v) is 1.85. The fourth-order valence-corrected chi connectivity index (χ4v) is 0.526. The van der Waals surface area contributed by atoms with Gasteiger partial charge in [-0.1, -0.05) is 19.8 Å². The molecule has 0 amide bonds. The second kappa shape index (κ2) is 18.0. The number of rotatable bonds is 4. The topological polar surface area (TPSA) is 37.3 Å². The van der Waals surface area contributed by atoms with E-state index in [4.69, 9.17) is 5.11 Å². The average molecular weight is 378 g/mol. The Morgan fingerprint density at radius 2 is 1.82 bits per heavy atom. The van der Waals surface area contributed by atoms with Gasteiger partial charge in [-0.2, -0.15) is 0 Å². The van der Waals surface area contributed by atoms with Crippen LogP contribution in [0.4, 0.5) is 0 Å². The van der Waals surface area contributed by atoms with Crippen molar-refractivity contribution < 1.29 is 43.5 Å². The van der Waals surface area contributed by atoms with E-state index in [9.17, 15) is 4.79 Å². The van der Waals surface area contributed by atoms with Gasteiger partial charge >= 0.3 is 54.9 Å². The van der Waals surface area contributed by atoms with Gasteiger partial charge in [-0.05, 0) is 6.42 Å². The van der Waals surface area contributed by atoms with E-state index >= 15 is 0 Å². The molecule has 0 heterocycles. The first-order chi connectivity index (χ1) is 3.77. The number of carbonyl (C=O) groups is 1. The number of hydrogen-bond donors (Lipinski definition) is 1. The van der Waals surface area contributed by atoms with E-state index < -0.39 is 5.97 Å². The summed E-state index contributed by atoms with van der Waals surface area (Å²) < 4.78 is 0. The van der Waals surface area contributed by atoms with Gasteiger partial charge in [0.25, 0.3) is 0 Å². The average Bonchev–Trinajstić information content (AvgIpc) is 1.66. The maximum Gasteiger partial charge on any atom is 0 e. The predicted molar refractivity (Wildman–Crippen MR) is 40.3 cm³/mol. The Hall–Kier alpha value is 2.05. The molecule has 0 bridgehead atoms. The van der Waals surface area contributed by atoms with Gasteiger partial charge in [0.1, 0.15) is 0 Å². The van der Waals surface area contributed by atoms with E-state index in [1.165, 1.54) is 0 Å². The number of unbranched alkanes of at least 4 members (excludes halogenated alkanes) is 2. The van der Waals surface area contributed by atoms with Crippen LogP contribution >= 0.6 is 0 Å². The van der Waals surface area contributed by atoms with Crippen LogP contribution in [0, 0.1) is 0 Å². The Morgan fingerprint density at radius 1 is 1.36 bits per heavy atom. The molecule has 0 atom stereocenters. The van der Waals surface area contributed by atoms with Gasteiger partial charge in [-0.3, -0.25) is 4.79 Å². The molecule has 0 aromatic heterocycles. The van der Waals surface area contributed by atoms with Crippen LogP contribution in [-0.2, 0) is 38.4 Å². The van der Waals surface area contributed by atoms with Gasteiger partial charge in [0.05, 0.1) is 0 Å². The van der Waals surface area contributed by atoms with Crippen LogP contribution in [0.15, 0.2) is 0 Å². The van der Waals surface area contributed by atoms with Crippen LogP contribution in [0.5, 0.6) is 0 Å². The number of hydrogen-bond acceptors (Lipinski definition) is 1. The maximum atomic E-state index is 9.87. The molecule has 0 unspecified atom stereocenters. The third-order valence-corrected chi connectivity index (χ3v) is 0.994. The number of carboxylic acids is 1. The van der Waals surface area contributed by atoms with Gasteiger partial charge in [-0.15, -0.1) is 0 Å². The molecule has 0 fully saturated rings. The van der Waals surface area contributed by atoms with Crippen LogP contribution in [-0.4, -0.2) is 60.0 Å². The normalized spacial score (nSPS) is 6.64. The summed E-state index contributed by atoms with van der Waals surface area (Å²) in [6.45, 7) is 2.06. The predicted octanol–water partition coefficient (Wildman–Crippen LogP) is 0.730. The zero-order valence-electron chi connectivity index (χ0n) is 5.80. The van der Waals surface area contributed by atoms with Crippen LogP contribution in [0.2, 0.25) is 0 Å². The monoisotopic (exact) mass is 377 g/mol. The Bertz CT molecular complexity index is 83.0. The third kappa shape index (κ3) is 24.5. The first-order valence-corrected chi connectivity index (χ1v) is 2.99. The van der Waals surface area contributed by atoms with Crippen molar-refractivity contribution in [2.45, 2.75) is 32.6 Å². The van der Waals surface area contributed by atoms with Crippen molar-refractivity contribution in [2.75, 3.05) is 0 Å². The Kier molecular flexibility index (Phi) is 37.8. The zero-order valence-corrected chi connectivity index (χ0v) is 7.73.